The first-order valence-electron chi connectivity index (χ1n) is 7.20. The third-order valence-electron chi connectivity index (χ3n) is 4.02. The van der Waals surface area contributed by atoms with E-state index < -0.39 is 0 Å². The lowest BCUT2D eigenvalue weighted by Gasteiger charge is -2.26. The number of ketones is 1. The predicted octanol–water partition coefficient (Wildman–Crippen LogP) is 2.24. The van der Waals surface area contributed by atoms with Crippen LogP contribution >= 0.6 is 0 Å². The zero-order valence-corrected chi connectivity index (χ0v) is 11.9. The standard InChI is InChI=1S/C17H20N2O/c1-13-6-7-16(15-5-3-2-4-14(13)15)17(20)12-19-10-8-18-9-11-19/h2-7,18H,8-12H2,1H3. The average Bonchev–Trinajstić information content (AvgIpc) is 2.49. The van der Waals surface area contributed by atoms with Crippen LogP contribution in [0, 0.1) is 6.92 Å². The maximum atomic E-state index is 12.6. The van der Waals surface area contributed by atoms with Gasteiger partial charge in [0, 0.05) is 31.7 Å². The Hall–Kier alpha value is -1.71. The van der Waals surface area contributed by atoms with E-state index in [1.807, 2.05) is 30.3 Å². The number of fused-ring (bicyclic) bond motifs is 1. The third-order valence-corrected chi connectivity index (χ3v) is 4.02. The molecule has 0 aliphatic carbocycles. The van der Waals surface area contributed by atoms with Gasteiger partial charge in [0.25, 0.3) is 0 Å². The van der Waals surface area contributed by atoms with Crippen LogP contribution in [0.15, 0.2) is 36.4 Å². The topological polar surface area (TPSA) is 32.3 Å². The largest absolute Gasteiger partial charge is 0.314 e. The van der Waals surface area contributed by atoms with E-state index in [4.69, 9.17) is 0 Å². The summed E-state index contributed by atoms with van der Waals surface area (Å²) < 4.78 is 0. The number of aryl methyl sites for hydroxylation is 1. The number of nitrogens with one attached hydrogen (secondary N) is 1. The minimum atomic E-state index is 0.225. The Morgan fingerprint density at radius 1 is 1.10 bits per heavy atom. The SMILES string of the molecule is Cc1ccc(C(=O)CN2CCNCC2)c2ccccc12. The molecule has 3 nitrogen and oxygen atoms in total. The summed E-state index contributed by atoms with van der Waals surface area (Å²) in [6.45, 7) is 6.47. The van der Waals surface area contributed by atoms with E-state index in [1.54, 1.807) is 0 Å². The molecule has 0 saturated carbocycles. The maximum absolute atomic E-state index is 12.6. The van der Waals surface area contributed by atoms with Gasteiger partial charge in [-0.2, -0.15) is 0 Å². The van der Waals surface area contributed by atoms with Crippen molar-refractivity contribution in [2.45, 2.75) is 6.92 Å². The highest BCUT2D eigenvalue weighted by Crippen LogP contribution is 2.22. The van der Waals surface area contributed by atoms with Gasteiger partial charge in [-0.3, -0.25) is 9.69 Å². The summed E-state index contributed by atoms with van der Waals surface area (Å²) in [5.74, 6) is 0.225. The third kappa shape index (κ3) is 2.60. The summed E-state index contributed by atoms with van der Waals surface area (Å²) in [6.07, 6.45) is 0. The van der Waals surface area contributed by atoms with Gasteiger partial charge in [-0.25, -0.2) is 0 Å². The molecule has 2 aromatic carbocycles. The van der Waals surface area contributed by atoms with Crippen LogP contribution in [0.1, 0.15) is 15.9 Å². The molecule has 2 aromatic rings. The second-order valence-corrected chi connectivity index (χ2v) is 5.42. The molecule has 3 rings (SSSR count). The fourth-order valence-corrected chi connectivity index (χ4v) is 2.85. The zero-order valence-electron chi connectivity index (χ0n) is 11.9. The molecule has 0 unspecified atom stereocenters. The normalized spacial score (nSPS) is 16.4. The van der Waals surface area contributed by atoms with E-state index in [0.29, 0.717) is 6.54 Å². The van der Waals surface area contributed by atoms with Gasteiger partial charge in [0.2, 0.25) is 0 Å². The van der Waals surface area contributed by atoms with Crippen LogP contribution in [0.2, 0.25) is 0 Å². The summed E-state index contributed by atoms with van der Waals surface area (Å²) in [5.41, 5.74) is 2.07. The number of carbonyl (C=O) groups excluding carboxylic acids is 1. The van der Waals surface area contributed by atoms with Gasteiger partial charge < -0.3 is 5.32 Å². The van der Waals surface area contributed by atoms with Crippen molar-refractivity contribution >= 4 is 16.6 Å². The van der Waals surface area contributed by atoms with Gasteiger partial charge in [-0.05, 0) is 23.3 Å². The summed E-state index contributed by atoms with van der Waals surface area (Å²) >= 11 is 0. The van der Waals surface area contributed by atoms with Gasteiger partial charge in [0.1, 0.15) is 0 Å². The number of benzene rings is 2. The number of nitrogens with zero attached hydrogens (tertiary/aromatic N) is 1. The Bertz CT molecular complexity index is 630. The molecule has 1 N–H and O–H groups in total. The van der Waals surface area contributed by atoms with E-state index in [9.17, 15) is 4.79 Å². The van der Waals surface area contributed by atoms with Crippen LogP contribution in [0.4, 0.5) is 0 Å². The average molecular weight is 268 g/mol. The highest BCUT2D eigenvalue weighted by molar-refractivity contribution is 6.09. The summed E-state index contributed by atoms with van der Waals surface area (Å²) in [4.78, 5) is 14.8. The number of Topliss-reactive ketones (excluding diaryl/α,β-unsaturated/α-hetero) is 1. The molecule has 1 aliphatic rings. The molecule has 104 valence electrons. The maximum Gasteiger partial charge on any atom is 0.177 e. The molecule has 0 radical (unpaired) electrons. The first kappa shape index (κ1) is 13.3. The molecule has 0 aromatic heterocycles. The van der Waals surface area contributed by atoms with E-state index in [2.05, 4.69) is 23.2 Å². The molecule has 0 atom stereocenters. The Morgan fingerprint density at radius 3 is 2.55 bits per heavy atom. The number of rotatable bonds is 3. The van der Waals surface area contributed by atoms with Gasteiger partial charge in [0.05, 0.1) is 6.54 Å². The highest BCUT2D eigenvalue weighted by Gasteiger charge is 2.16. The van der Waals surface area contributed by atoms with Gasteiger partial charge >= 0.3 is 0 Å². The summed E-state index contributed by atoms with van der Waals surface area (Å²) in [7, 11) is 0. The van der Waals surface area contributed by atoms with Gasteiger partial charge in [0.15, 0.2) is 5.78 Å². The van der Waals surface area contributed by atoms with Crippen LogP contribution < -0.4 is 5.32 Å². The van der Waals surface area contributed by atoms with Crippen molar-refractivity contribution in [2.75, 3.05) is 32.7 Å². The monoisotopic (exact) mass is 268 g/mol. The van der Waals surface area contributed by atoms with Crippen LogP contribution in [-0.2, 0) is 0 Å². The molecule has 3 heteroatoms. The molecule has 1 fully saturated rings. The lowest BCUT2D eigenvalue weighted by Crippen LogP contribution is -2.45. The van der Waals surface area contributed by atoms with E-state index in [0.717, 1.165) is 37.1 Å². The van der Waals surface area contributed by atoms with Crippen LogP contribution in [-0.4, -0.2) is 43.4 Å². The molecular weight excluding hydrogens is 248 g/mol. The molecule has 1 aliphatic heterocycles. The first-order chi connectivity index (χ1) is 9.75. The van der Waals surface area contributed by atoms with Gasteiger partial charge in [-0.1, -0.05) is 36.4 Å². The second-order valence-electron chi connectivity index (χ2n) is 5.42. The number of piperazine rings is 1. The number of hydrogen-bond donors (Lipinski definition) is 1. The summed E-state index contributed by atoms with van der Waals surface area (Å²) in [6, 6.07) is 12.2. The van der Waals surface area contributed by atoms with Crippen LogP contribution in [0.5, 0.6) is 0 Å². The Kier molecular flexibility index (Phi) is 3.81. The second kappa shape index (κ2) is 5.73. The van der Waals surface area contributed by atoms with Crippen molar-refractivity contribution in [1.82, 2.24) is 10.2 Å². The molecule has 0 spiro atoms. The van der Waals surface area contributed by atoms with E-state index >= 15 is 0 Å². The Balaban J connectivity index is 1.89. The minimum Gasteiger partial charge on any atom is -0.314 e. The Labute approximate surface area is 119 Å². The lowest BCUT2D eigenvalue weighted by molar-refractivity contribution is 0.0923. The molecule has 0 bridgehead atoms. The van der Waals surface area contributed by atoms with Crippen molar-refractivity contribution in [1.29, 1.82) is 0 Å². The molecule has 1 heterocycles. The number of carbonyl (C=O) groups is 1. The number of hydrogen-bond acceptors (Lipinski definition) is 3. The van der Waals surface area contributed by atoms with Crippen molar-refractivity contribution in [3.63, 3.8) is 0 Å². The van der Waals surface area contributed by atoms with Crippen molar-refractivity contribution in [2.24, 2.45) is 0 Å². The van der Waals surface area contributed by atoms with E-state index in [-0.39, 0.29) is 5.78 Å². The fourth-order valence-electron chi connectivity index (χ4n) is 2.85. The van der Waals surface area contributed by atoms with E-state index in [1.165, 1.54) is 10.9 Å². The fraction of sp³-hybridized carbons (Fsp3) is 0.353. The van der Waals surface area contributed by atoms with Gasteiger partial charge in [-0.15, -0.1) is 0 Å². The quantitative estimate of drug-likeness (QED) is 0.867. The molecule has 0 amide bonds. The molecule has 20 heavy (non-hydrogen) atoms. The smallest absolute Gasteiger partial charge is 0.177 e. The van der Waals surface area contributed by atoms with Crippen molar-refractivity contribution in [3.05, 3.63) is 47.5 Å². The van der Waals surface area contributed by atoms with Crippen molar-refractivity contribution < 1.29 is 4.79 Å². The lowest BCUT2D eigenvalue weighted by atomic mass is 9.97. The van der Waals surface area contributed by atoms with Crippen LogP contribution in [0.25, 0.3) is 10.8 Å². The summed E-state index contributed by atoms with van der Waals surface area (Å²) in [5, 5.41) is 5.57. The predicted molar refractivity (Wildman–Crippen MR) is 82.3 cm³/mol. The highest BCUT2D eigenvalue weighted by atomic mass is 16.1. The first-order valence-corrected chi connectivity index (χ1v) is 7.20. The zero-order chi connectivity index (χ0) is 13.9. The molecule has 1 saturated heterocycles. The minimum absolute atomic E-state index is 0.225. The Morgan fingerprint density at radius 2 is 1.80 bits per heavy atom. The van der Waals surface area contributed by atoms with Crippen LogP contribution in [0.3, 0.4) is 0 Å². The molecular formula is C17H20N2O. The van der Waals surface area contributed by atoms with Crippen molar-refractivity contribution in [3.8, 4) is 0 Å².